The fraction of sp³-hybridized carbons (Fsp3) is 0.250. The Morgan fingerprint density at radius 3 is 2.47 bits per heavy atom. The van der Waals surface area contributed by atoms with Crippen molar-refractivity contribution < 1.29 is 23.9 Å². The highest BCUT2D eigenvalue weighted by Gasteiger charge is 2.55. The van der Waals surface area contributed by atoms with Crippen LogP contribution in [0.1, 0.15) is 0 Å². The van der Waals surface area contributed by atoms with Crippen molar-refractivity contribution in [1.29, 1.82) is 0 Å². The van der Waals surface area contributed by atoms with Crippen molar-refractivity contribution in [2.24, 2.45) is 10.3 Å². The molecule has 2 aliphatic heterocycles. The maximum Gasteiger partial charge on any atom is 0.263 e. The molecule has 1 fully saturated rings. The standard InChI is InChI=1S/C20H19N5O5/c1-29-14-9-8-12(10-15(14)30-2)21-16(26)11-24-18-17(22-23-24)19(27)25(20(18)28)13-6-4-3-5-7-13/h3-10,17-18H,11H2,1-2H3,(H,21,26)/t17-,18-/m0/s1. The Bertz CT molecular complexity index is 1030. The first-order valence-corrected chi connectivity index (χ1v) is 9.15. The highest BCUT2D eigenvalue weighted by molar-refractivity contribution is 6.25. The Labute approximate surface area is 172 Å². The third kappa shape index (κ3) is 3.32. The number of nitrogens with zero attached hydrogens (tertiary/aromatic N) is 4. The number of anilines is 2. The van der Waals surface area contributed by atoms with Gasteiger partial charge in [-0.15, -0.1) is 0 Å². The van der Waals surface area contributed by atoms with E-state index < -0.39 is 29.8 Å². The average molecular weight is 409 g/mol. The third-order valence-electron chi connectivity index (χ3n) is 4.85. The minimum absolute atomic E-state index is 0.235. The summed E-state index contributed by atoms with van der Waals surface area (Å²) < 4.78 is 10.4. The quantitative estimate of drug-likeness (QED) is 0.726. The van der Waals surface area contributed by atoms with Crippen LogP contribution in [-0.2, 0) is 14.4 Å². The van der Waals surface area contributed by atoms with Crippen molar-refractivity contribution in [1.82, 2.24) is 5.01 Å². The highest BCUT2D eigenvalue weighted by Crippen LogP contribution is 2.32. The highest BCUT2D eigenvalue weighted by atomic mass is 16.5. The molecule has 0 radical (unpaired) electrons. The van der Waals surface area contributed by atoms with Gasteiger partial charge in [-0.1, -0.05) is 23.4 Å². The number of fused-ring (bicyclic) bond motifs is 1. The monoisotopic (exact) mass is 409 g/mol. The van der Waals surface area contributed by atoms with Crippen molar-refractivity contribution in [2.45, 2.75) is 12.1 Å². The predicted molar refractivity (Wildman–Crippen MR) is 106 cm³/mol. The normalized spacial score (nSPS) is 19.8. The number of benzene rings is 2. The SMILES string of the molecule is COc1ccc(NC(=O)CN2N=N[C@@H]3C(=O)N(c4ccccc4)C(=O)[C@H]32)cc1OC. The molecule has 0 spiro atoms. The molecule has 0 saturated carbocycles. The van der Waals surface area contributed by atoms with Crippen LogP contribution < -0.4 is 19.7 Å². The summed E-state index contributed by atoms with van der Waals surface area (Å²) in [6, 6.07) is 11.7. The van der Waals surface area contributed by atoms with Gasteiger partial charge in [0.25, 0.3) is 11.8 Å². The number of rotatable bonds is 6. The van der Waals surface area contributed by atoms with Crippen LogP contribution in [-0.4, -0.2) is 55.6 Å². The van der Waals surface area contributed by atoms with Crippen LogP contribution in [0.15, 0.2) is 58.9 Å². The number of para-hydroxylation sites is 1. The molecule has 0 unspecified atom stereocenters. The van der Waals surface area contributed by atoms with Crippen molar-refractivity contribution in [3.05, 3.63) is 48.5 Å². The summed E-state index contributed by atoms with van der Waals surface area (Å²) in [6.45, 7) is -0.235. The largest absolute Gasteiger partial charge is 0.493 e. The molecule has 10 heteroatoms. The molecule has 4 rings (SSSR count). The van der Waals surface area contributed by atoms with E-state index in [1.807, 2.05) is 0 Å². The lowest BCUT2D eigenvalue weighted by atomic mass is 10.1. The van der Waals surface area contributed by atoms with Crippen LogP contribution in [0.4, 0.5) is 11.4 Å². The van der Waals surface area contributed by atoms with Gasteiger partial charge in [0.15, 0.2) is 23.6 Å². The molecular weight excluding hydrogens is 390 g/mol. The second-order valence-corrected chi connectivity index (χ2v) is 6.66. The molecule has 1 saturated heterocycles. The number of hydrogen-bond donors (Lipinski definition) is 1. The fourth-order valence-corrected chi connectivity index (χ4v) is 3.45. The molecule has 2 aromatic rings. The average Bonchev–Trinajstić information content (AvgIpc) is 3.28. The minimum atomic E-state index is -0.952. The topological polar surface area (TPSA) is 113 Å². The van der Waals surface area contributed by atoms with E-state index in [0.29, 0.717) is 22.9 Å². The summed E-state index contributed by atoms with van der Waals surface area (Å²) >= 11 is 0. The molecule has 2 aromatic carbocycles. The molecule has 0 aliphatic carbocycles. The Morgan fingerprint density at radius 2 is 1.77 bits per heavy atom. The first-order chi connectivity index (χ1) is 14.5. The van der Waals surface area contributed by atoms with Crippen LogP contribution in [0.25, 0.3) is 0 Å². The number of carbonyl (C=O) groups excluding carboxylic acids is 3. The maximum absolute atomic E-state index is 12.9. The van der Waals surface area contributed by atoms with Crippen LogP contribution in [0.2, 0.25) is 0 Å². The lowest BCUT2D eigenvalue weighted by Gasteiger charge is -2.20. The van der Waals surface area contributed by atoms with Gasteiger partial charge in [0.05, 0.1) is 19.9 Å². The molecule has 30 heavy (non-hydrogen) atoms. The zero-order chi connectivity index (χ0) is 21.3. The number of imide groups is 1. The van der Waals surface area contributed by atoms with E-state index in [9.17, 15) is 14.4 Å². The molecule has 154 valence electrons. The Morgan fingerprint density at radius 1 is 1.03 bits per heavy atom. The predicted octanol–water partition coefficient (Wildman–Crippen LogP) is 1.64. The molecule has 0 bridgehead atoms. The Kier molecular flexibility index (Phi) is 5.05. The van der Waals surface area contributed by atoms with Crippen molar-refractivity contribution >= 4 is 29.1 Å². The fourth-order valence-electron chi connectivity index (χ4n) is 3.45. The van der Waals surface area contributed by atoms with Crippen LogP contribution in [0, 0.1) is 0 Å². The molecule has 2 aliphatic rings. The first kappa shape index (κ1) is 19.4. The minimum Gasteiger partial charge on any atom is -0.493 e. The van der Waals surface area contributed by atoms with Gasteiger partial charge < -0.3 is 14.8 Å². The van der Waals surface area contributed by atoms with Gasteiger partial charge in [-0.05, 0) is 24.3 Å². The van der Waals surface area contributed by atoms with Crippen molar-refractivity contribution in [2.75, 3.05) is 31.0 Å². The number of hydrogen-bond acceptors (Lipinski definition) is 8. The maximum atomic E-state index is 12.9. The zero-order valence-corrected chi connectivity index (χ0v) is 16.3. The van der Waals surface area contributed by atoms with E-state index >= 15 is 0 Å². The van der Waals surface area contributed by atoms with Gasteiger partial charge in [-0.25, -0.2) is 4.90 Å². The van der Waals surface area contributed by atoms with E-state index in [4.69, 9.17) is 9.47 Å². The third-order valence-corrected chi connectivity index (χ3v) is 4.85. The number of ether oxygens (including phenoxy) is 2. The van der Waals surface area contributed by atoms with Gasteiger partial charge in [-0.2, -0.15) is 5.11 Å². The molecule has 1 N–H and O–H groups in total. The van der Waals surface area contributed by atoms with Gasteiger partial charge in [0, 0.05) is 11.8 Å². The zero-order valence-electron chi connectivity index (χ0n) is 16.3. The molecule has 2 heterocycles. The lowest BCUT2D eigenvalue weighted by molar-refractivity contribution is -0.123. The second-order valence-electron chi connectivity index (χ2n) is 6.66. The summed E-state index contributed by atoms with van der Waals surface area (Å²) in [5.41, 5.74) is 0.955. The van der Waals surface area contributed by atoms with Crippen molar-refractivity contribution in [3.63, 3.8) is 0 Å². The van der Waals surface area contributed by atoms with E-state index in [2.05, 4.69) is 15.7 Å². The van der Waals surface area contributed by atoms with Crippen molar-refractivity contribution in [3.8, 4) is 11.5 Å². The Balaban J connectivity index is 1.46. The van der Waals surface area contributed by atoms with E-state index in [1.54, 1.807) is 48.5 Å². The number of nitrogens with one attached hydrogen (secondary N) is 1. The molecule has 0 aromatic heterocycles. The van der Waals surface area contributed by atoms with Crippen LogP contribution >= 0.6 is 0 Å². The summed E-state index contributed by atoms with van der Waals surface area (Å²) in [7, 11) is 3.01. The molecule has 10 nitrogen and oxygen atoms in total. The lowest BCUT2D eigenvalue weighted by Crippen LogP contribution is -2.43. The number of amides is 3. The van der Waals surface area contributed by atoms with E-state index in [0.717, 1.165) is 4.90 Å². The first-order valence-electron chi connectivity index (χ1n) is 9.15. The van der Waals surface area contributed by atoms with Gasteiger partial charge in [-0.3, -0.25) is 19.4 Å². The summed E-state index contributed by atoms with van der Waals surface area (Å²) in [5, 5.41) is 11.8. The van der Waals surface area contributed by atoms with E-state index in [1.165, 1.54) is 19.2 Å². The summed E-state index contributed by atoms with van der Waals surface area (Å²) in [6.07, 6.45) is 0. The van der Waals surface area contributed by atoms with Gasteiger partial charge in [0.2, 0.25) is 5.91 Å². The molecule has 2 atom stereocenters. The summed E-state index contributed by atoms with van der Waals surface area (Å²) in [4.78, 5) is 39.1. The van der Waals surface area contributed by atoms with Crippen LogP contribution in [0.3, 0.4) is 0 Å². The number of methoxy groups -OCH3 is 2. The smallest absolute Gasteiger partial charge is 0.263 e. The summed E-state index contributed by atoms with van der Waals surface area (Å²) in [5.74, 6) is -0.336. The second kappa shape index (κ2) is 7.82. The molecular formula is C20H19N5O5. The number of carbonyl (C=O) groups is 3. The van der Waals surface area contributed by atoms with Gasteiger partial charge >= 0.3 is 0 Å². The van der Waals surface area contributed by atoms with Crippen LogP contribution in [0.5, 0.6) is 11.5 Å². The van der Waals surface area contributed by atoms with Gasteiger partial charge in [0.1, 0.15) is 6.54 Å². The molecule has 3 amide bonds. The van der Waals surface area contributed by atoms with E-state index in [-0.39, 0.29) is 6.54 Å². The Hall–Kier alpha value is -3.95.